The first kappa shape index (κ1) is 22.2. The summed E-state index contributed by atoms with van der Waals surface area (Å²) in [6.07, 6.45) is -15.5. The number of hydrogen-bond acceptors (Lipinski definition) is 5. The molecule has 0 heterocycles. The van der Waals surface area contributed by atoms with Crippen molar-refractivity contribution in [3.05, 3.63) is 27.3 Å². The molecule has 1 aromatic carbocycles. The van der Waals surface area contributed by atoms with Gasteiger partial charge >= 0.3 is 12.4 Å². The molecular formula is C11H10F6INO5S. The summed E-state index contributed by atoms with van der Waals surface area (Å²) in [5.74, 6) is -2.89. The summed E-state index contributed by atoms with van der Waals surface area (Å²) < 4.78 is 113. The maximum Gasteiger partial charge on any atom is 0.427 e. The third-order valence-electron chi connectivity index (χ3n) is 2.93. The molecule has 0 fully saturated rings. The van der Waals surface area contributed by atoms with Crippen molar-refractivity contribution in [3.63, 3.8) is 0 Å². The number of alkyl halides is 6. The Labute approximate surface area is 150 Å². The minimum Gasteiger partial charge on any atom is -0.398 e. The molecular weight excluding hydrogens is 499 g/mol. The van der Waals surface area contributed by atoms with Crippen molar-refractivity contribution in [1.82, 2.24) is 0 Å². The third-order valence-corrected chi connectivity index (χ3v) is 4.37. The molecule has 0 aliphatic heterocycles. The van der Waals surface area contributed by atoms with Gasteiger partial charge in [-0.1, -0.05) is 0 Å². The van der Waals surface area contributed by atoms with E-state index in [0.717, 1.165) is 12.1 Å². The molecule has 0 aromatic heterocycles. The maximum absolute atomic E-state index is 13.1. The Morgan fingerprint density at radius 2 is 1.64 bits per heavy atom. The number of halogens is 7. The summed E-state index contributed by atoms with van der Waals surface area (Å²) in [5, 5.41) is 9.70. The van der Waals surface area contributed by atoms with Gasteiger partial charge in [-0.25, -0.2) is 0 Å². The van der Waals surface area contributed by atoms with Crippen LogP contribution in [0, 0.1) is 3.57 Å². The third kappa shape index (κ3) is 5.08. The minimum absolute atomic E-state index is 0.295. The smallest absolute Gasteiger partial charge is 0.398 e. The molecule has 1 unspecified atom stereocenters. The van der Waals surface area contributed by atoms with E-state index in [1.807, 2.05) is 0 Å². The second kappa shape index (κ2) is 7.05. The zero-order valence-corrected chi connectivity index (χ0v) is 14.7. The summed E-state index contributed by atoms with van der Waals surface area (Å²) in [7, 11) is -5.80. The minimum atomic E-state index is -6.33. The molecule has 144 valence electrons. The molecule has 0 spiro atoms. The van der Waals surface area contributed by atoms with E-state index in [2.05, 4.69) is 4.74 Å². The van der Waals surface area contributed by atoms with E-state index in [-0.39, 0.29) is 0 Å². The van der Waals surface area contributed by atoms with E-state index in [9.17, 15) is 39.9 Å². The molecule has 1 atom stereocenters. The molecule has 1 rings (SSSR count). The highest BCUT2D eigenvalue weighted by molar-refractivity contribution is 14.1. The first-order valence-corrected chi connectivity index (χ1v) is 8.68. The zero-order valence-electron chi connectivity index (χ0n) is 11.8. The molecule has 4 N–H and O–H groups in total. The lowest BCUT2D eigenvalue weighted by molar-refractivity contribution is -0.399. The fourth-order valence-corrected chi connectivity index (χ4v) is 3.19. The van der Waals surface area contributed by atoms with Gasteiger partial charge in [0.25, 0.3) is 15.7 Å². The van der Waals surface area contributed by atoms with Crippen LogP contribution in [0.25, 0.3) is 0 Å². The summed E-state index contributed by atoms with van der Waals surface area (Å²) in [4.78, 5) is 0. The van der Waals surface area contributed by atoms with Crippen molar-refractivity contribution >= 4 is 38.4 Å². The summed E-state index contributed by atoms with van der Waals surface area (Å²) in [5.41, 5.74) is -1.02. The van der Waals surface area contributed by atoms with Crippen molar-refractivity contribution in [2.75, 3.05) is 11.5 Å². The zero-order chi connectivity index (χ0) is 19.8. The predicted molar refractivity (Wildman–Crippen MR) is 80.9 cm³/mol. The van der Waals surface area contributed by atoms with Crippen LogP contribution in [0.4, 0.5) is 32.0 Å². The summed E-state index contributed by atoms with van der Waals surface area (Å²) in [6, 6.07) is 3.39. The molecule has 0 bridgehead atoms. The van der Waals surface area contributed by atoms with Crippen LogP contribution < -0.4 is 5.73 Å². The van der Waals surface area contributed by atoms with Gasteiger partial charge in [0.1, 0.15) is 5.75 Å². The Balaban J connectivity index is 3.50. The van der Waals surface area contributed by atoms with Gasteiger partial charge in [0.15, 0.2) is 6.29 Å². The molecule has 0 saturated heterocycles. The topological polar surface area (TPSA) is 110 Å². The van der Waals surface area contributed by atoms with Gasteiger partial charge in [0, 0.05) is 14.8 Å². The average molecular weight is 509 g/mol. The van der Waals surface area contributed by atoms with Gasteiger partial charge in [-0.15, -0.1) is 0 Å². The van der Waals surface area contributed by atoms with Crippen molar-refractivity contribution in [1.29, 1.82) is 0 Å². The fourth-order valence-electron chi connectivity index (χ4n) is 1.76. The summed E-state index contributed by atoms with van der Waals surface area (Å²) >= 11 is 1.64. The number of aliphatic hydroxyl groups is 1. The number of nitrogens with two attached hydrogens (primary N) is 1. The number of anilines is 1. The number of hydrogen-bond donors (Lipinski definition) is 3. The Morgan fingerprint density at radius 1 is 1.16 bits per heavy atom. The Hall–Kier alpha value is -0.840. The second-order valence-corrected chi connectivity index (χ2v) is 7.49. The standard InChI is InChI=1S/C11H10F6INO5S/c12-10(13,14)9(11(15,16)17,4-25(21,22)23)24-8(20)6-3-5(18)1-2-7(6)19/h1-3,8,20H,4,19H2,(H,21,22,23). The average Bonchev–Trinajstić information content (AvgIpc) is 2.36. The molecule has 14 heteroatoms. The van der Waals surface area contributed by atoms with Crippen LogP contribution in [0.5, 0.6) is 0 Å². The van der Waals surface area contributed by atoms with Crippen LogP contribution in [0.15, 0.2) is 18.2 Å². The van der Waals surface area contributed by atoms with Crippen molar-refractivity contribution < 1.29 is 49.2 Å². The van der Waals surface area contributed by atoms with Crippen LogP contribution in [0.2, 0.25) is 0 Å². The van der Waals surface area contributed by atoms with Crippen molar-refractivity contribution in [2.24, 2.45) is 0 Å². The molecule has 0 saturated carbocycles. The maximum atomic E-state index is 13.1. The molecule has 25 heavy (non-hydrogen) atoms. The quantitative estimate of drug-likeness (QED) is 0.185. The largest absolute Gasteiger partial charge is 0.427 e. The lowest BCUT2D eigenvalue weighted by Gasteiger charge is -2.37. The van der Waals surface area contributed by atoms with Gasteiger partial charge in [-0.2, -0.15) is 34.8 Å². The summed E-state index contributed by atoms with van der Waals surface area (Å²) in [6.45, 7) is 0. The van der Waals surface area contributed by atoms with Gasteiger partial charge in [-0.05, 0) is 40.8 Å². The Bertz CT molecular complexity index is 721. The van der Waals surface area contributed by atoms with Crippen LogP contribution in [0.3, 0.4) is 0 Å². The molecule has 0 aliphatic carbocycles. The molecule has 1 aromatic rings. The second-order valence-electron chi connectivity index (χ2n) is 4.79. The van der Waals surface area contributed by atoms with Crippen LogP contribution in [0.1, 0.15) is 11.9 Å². The van der Waals surface area contributed by atoms with Crippen LogP contribution >= 0.6 is 22.6 Å². The van der Waals surface area contributed by atoms with E-state index in [0.29, 0.717) is 3.57 Å². The van der Waals surface area contributed by atoms with Gasteiger partial charge in [-0.3, -0.25) is 4.55 Å². The number of rotatable bonds is 5. The highest BCUT2D eigenvalue weighted by atomic mass is 127. The lowest BCUT2D eigenvalue weighted by Crippen LogP contribution is -2.63. The number of nitrogen functional groups attached to an aromatic ring is 1. The SMILES string of the molecule is Nc1ccc(I)cc1C(O)OC(CS(=O)(=O)O)(C(F)(F)F)C(F)(F)F. The first-order chi connectivity index (χ1) is 11.0. The van der Waals surface area contributed by atoms with E-state index in [1.165, 1.54) is 6.07 Å². The van der Waals surface area contributed by atoms with Crippen LogP contribution in [-0.2, 0) is 14.9 Å². The number of benzene rings is 1. The molecule has 0 amide bonds. The monoisotopic (exact) mass is 509 g/mol. The van der Waals surface area contributed by atoms with Gasteiger partial charge < -0.3 is 15.6 Å². The molecule has 6 nitrogen and oxygen atoms in total. The number of ether oxygens (including phenoxy) is 1. The number of aliphatic hydroxyl groups excluding tert-OH is 1. The lowest BCUT2D eigenvalue weighted by atomic mass is 10.0. The predicted octanol–water partition coefficient (Wildman–Crippen LogP) is 2.63. The van der Waals surface area contributed by atoms with Crippen molar-refractivity contribution in [3.8, 4) is 0 Å². The highest BCUT2D eigenvalue weighted by Crippen LogP contribution is 2.49. The van der Waals surface area contributed by atoms with E-state index < -0.39 is 51.4 Å². The van der Waals surface area contributed by atoms with Gasteiger partial charge in [0.2, 0.25) is 0 Å². The Morgan fingerprint density at radius 3 is 2.04 bits per heavy atom. The van der Waals surface area contributed by atoms with E-state index >= 15 is 0 Å². The van der Waals surface area contributed by atoms with Crippen LogP contribution in [-0.4, -0.2) is 41.8 Å². The van der Waals surface area contributed by atoms with E-state index in [1.54, 1.807) is 22.6 Å². The molecule has 0 aliphatic rings. The van der Waals surface area contributed by atoms with Crippen molar-refractivity contribution in [2.45, 2.75) is 24.2 Å². The van der Waals surface area contributed by atoms with E-state index in [4.69, 9.17) is 10.3 Å². The normalized spacial score (nSPS) is 15.2. The first-order valence-electron chi connectivity index (χ1n) is 5.99. The highest BCUT2D eigenvalue weighted by Gasteiger charge is 2.74. The molecule has 0 radical (unpaired) electrons. The van der Waals surface area contributed by atoms with Gasteiger partial charge in [0.05, 0.1) is 0 Å². The Kier molecular flexibility index (Phi) is 6.26. The fraction of sp³-hybridized carbons (Fsp3) is 0.455.